The number of hydrogen-bond acceptors (Lipinski definition) is 3. The van der Waals surface area contributed by atoms with Gasteiger partial charge in [0, 0.05) is 29.4 Å². The molecule has 0 aromatic heterocycles. The molecule has 0 radical (unpaired) electrons. The molecule has 0 amide bonds. The van der Waals surface area contributed by atoms with Crippen molar-refractivity contribution in [2.75, 3.05) is 12.8 Å². The number of nitrogens with one attached hydrogen (secondary N) is 2. The molecule has 0 aliphatic carbocycles. The molecule has 2 aromatic carbocycles. The van der Waals surface area contributed by atoms with Gasteiger partial charge in [0.2, 0.25) is 0 Å². The van der Waals surface area contributed by atoms with Crippen LogP contribution < -0.4 is 10.6 Å². The number of aliphatic imine (C=N–C) groups is 1. The Labute approximate surface area is 187 Å². The number of sulfone groups is 1. The third-order valence-electron chi connectivity index (χ3n) is 3.58. The predicted octanol–water partition coefficient (Wildman–Crippen LogP) is 4.27. The van der Waals surface area contributed by atoms with Gasteiger partial charge in [0.25, 0.3) is 0 Å². The van der Waals surface area contributed by atoms with E-state index >= 15 is 0 Å². The van der Waals surface area contributed by atoms with Crippen molar-refractivity contribution in [1.29, 1.82) is 0 Å². The van der Waals surface area contributed by atoms with Crippen LogP contribution in [0.2, 0.25) is 10.0 Å². The number of halogens is 3. The number of guanidine groups is 1. The summed E-state index contributed by atoms with van der Waals surface area (Å²) in [6.07, 6.45) is 1.19. The van der Waals surface area contributed by atoms with Crippen LogP contribution >= 0.6 is 47.2 Å². The average molecular weight is 542 g/mol. The summed E-state index contributed by atoms with van der Waals surface area (Å²) in [5.41, 5.74) is 1.83. The fraction of sp³-hybridized carbons (Fsp3) is 0.278. The van der Waals surface area contributed by atoms with E-state index in [9.17, 15) is 8.42 Å². The van der Waals surface area contributed by atoms with Gasteiger partial charge >= 0.3 is 0 Å². The molecule has 148 valence electrons. The first kappa shape index (κ1) is 24.0. The molecule has 2 N–H and O–H groups in total. The highest BCUT2D eigenvalue weighted by atomic mass is 127. The second-order valence-electron chi connectivity index (χ2n) is 5.70. The maximum atomic E-state index is 11.5. The first-order chi connectivity index (χ1) is 12.3. The van der Waals surface area contributed by atoms with E-state index < -0.39 is 9.84 Å². The lowest BCUT2D eigenvalue weighted by Gasteiger charge is -2.12. The van der Waals surface area contributed by atoms with Gasteiger partial charge in [-0.15, -0.1) is 24.0 Å². The van der Waals surface area contributed by atoms with Gasteiger partial charge < -0.3 is 10.6 Å². The van der Waals surface area contributed by atoms with E-state index in [1.54, 1.807) is 36.4 Å². The normalized spacial score (nSPS) is 11.6. The van der Waals surface area contributed by atoms with Crippen LogP contribution in [0.3, 0.4) is 0 Å². The molecule has 0 spiro atoms. The smallest absolute Gasteiger partial charge is 0.191 e. The molecule has 2 aromatic rings. The minimum absolute atomic E-state index is 0. The first-order valence-corrected chi connectivity index (χ1v) is 10.7. The zero-order valence-electron chi connectivity index (χ0n) is 15.0. The van der Waals surface area contributed by atoms with Gasteiger partial charge in [0.1, 0.15) is 0 Å². The lowest BCUT2D eigenvalue weighted by Crippen LogP contribution is -2.36. The summed E-state index contributed by atoms with van der Waals surface area (Å²) in [5.74, 6) is 0.644. The number of rotatable bonds is 6. The Kier molecular flexibility index (Phi) is 9.86. The van der Waals surface area contributed by atoms with Crippen molar-refractivity contribution in [3.8, 4) is 0 Å². The van der Waals surface area contributed by atoms with Crippen LogP contribution in [0.4, 0.5) is 0 Å². The Morgan fingerprint density at radius 3 is 2.30 bits per heavy atom. The highest BCUT2D eigenvalue weighted by Crippen LogP contribution is 2.20. The molecule has 0 saturated carbocycles. The van der Waals surface area contributed by atoms with Crippen molar-refractivity contribution in [3.63, 3.8) is 0 Å². The van der Waals surface area contributed by atoms with Crippen LogP contribution in [-0.2, 0) is 22.9 Å². The Morgan fingerprint density at radius 1 is 1.07 bits per heavy atom. The van der Waals surface area contributed by atoms with E-state index in [0.717, 1.165) is 11.1 Å². The van der Waals surface area contributed by atoms with E-state index in [0.29, 0.717) is 40.5 Å². The maximum absolute atomic E-state index is 11.5. The summed E-state index contributed by atoms with van der Waals surface area (Å²) in [6.45, 7) is 3.63. The third kappa shape index (κ3) is 7.85. The Hall–Kier alpha value is -1.03. The molecular weight excluding hydrogens is 520 g/mol. The fourth-order valence-electron chi connectivity index (χ4n) is 2.20. The van der Waals surface area contributed by atoms with Crippen molar-refractivity contribution in [1.82, 2.24) is 10.6 Å². The fourth-order valence-corrected chi connectivity index (χ4v) is 3.30. The summed E-state index contributed by atoms with van der Waals surface area (Å²) in [4.78, 5) is 4.81. The second kappa shape index (κ2) is 11.1. The molecule has 0 bridgehead atoms. The molecule has 0 saturated heterocycles. The van der Waals surface area contributed by atoms with E-state index in [1.165, 1.54) is 6.26 Å². The predicted molar refractivity (Wildman–Crippen MR) is 123 cm³/mol. The SMILES string of the molecule is CCNC(=NCc1ccc(S(C)(=O)=O)cc1)NCc1ccc(Cl)cc1Cl.I. The van der Waals surface area contributed by atoms with Crippen molar-refractivity contribution in [3.05, 3.63) is 63.6 Å². The average Bonchev–Trinajstić information content (AvgIpc) is 2.58. The molecule has 0 heterocycles. The summed E-state index contributed by atoms with van der Waals surface area (Å²) < 4.78 is 23.0. The van der Waals surface area contributed by atoms with Gasteiger partial charge in [-0.05, 0) is 42.3 Å². The van der Waals surface area contributed by atoms with E-state index in [1.807, 2.05) is 13.0 Å². The highest BCUT2D eigenvalue weighted by molar-refractivity contribution is 14.0. The monoisotopic (exact) mass is 541 g/mol. The summed E-state index contributed by atoms with van der Waals surface area (Å²) >= 11 is 12.1. The topological polar surface area (TPSA) is 70.6 Å². The van der Waals surface area contributed by atoms with Gasteiger partial charge in [-0.3, -0.25) is 0 Å². The Balaban J connectivity index is 0.00000364. The first-order valence-electron chi connectivity index (χ1n) is 8.04. The van der Waals surface area contributed by atoms with E-state index in [-0.39, 0.29) is 24.0 Å². The zero-order valence-corrected chi connectivity index (χ0v) is 19.7. The van der Waals surface area contributed by atoms with Crippen molar-refractivity contribution in [2.24, 2.45) is 4.99 Å². The summed E-state index contributed by atoms with van der Waals surface area (Å²) in [6, 6.07) is 12.1. The van der Waals surface area contributed by atoms with Gasteiger partial charge in [-0.25, -0.2) is 13.4 Å². The summed E-state index contributed by atoms with van der Waals surface area (Å²) in [5, 5.41) is 7.57. The van der Waals surface area contributed by atoms with Crippen molar-refractivity contribution < 1.29 is 8.42 Å². The molecule has 0 unspecified atom stereocenters. The van der Waals surface area contributed by atoms with Gasteiger partial charge in [-0.2, -0.15) is 0 Å². The molecule has 5 nitrogen and oxygen atoms in total. The van der Waals surface area contributed by atoms with Gasteiger partial charge in [0.15, 0.2) is 15.8 Å². The van der Waals surface area contributed by atoms with Crippen molar-refractivity contribution >= 4 is 63.0 Å². The van der Waals surface area contributed by atoms with Crippen LogP contribution in [0.1, 0.15) is 18.1 Å². The minimum Gasteiger partial charge on any atom is -0.357 e. The van der Waals surface area contributed by atoms with Crippen LogP contribution in [0.15, 0.2) is 52.4 Å². The molecule has 2 rings (SSSR count). The number of nitrogens with zero attached hydrogens (tertiary/aromatic N) is 1. The largest absolute Gasteiger partial charge is 0.357 e. The maximum Gasteiger partial charge on any atom is 0.191 e. The van der Waals surface area contributed by atoms with Gasteiger partial charge in [0.05, 0.1) is 11.4 Å². The molecule has 0 aliphatic rings. The van der Waals surface area contributed by atoms with Crippen LogP contribution in [0.25, 0.3) is 0 Å². The molecule has 0 fully saturated rings. The third-order valence-corrected chi connectivity index (χ3v) is 5.29. The van der Waals surface area contributed by atoms with E-state index in [2.05, 4.69) is 15.6 Å². The quantitative estimate of drug-likeness (QED) is 0.325. The van der Waals surface area contributed by atoms with Crippen LogP contribution in [0, 0.1) is 0 Å². The molecule has 27 heavy (non-hydrogen) atoms. The lowest BCUT2D eigenvalue weighted by atomic mass is 10.2. The van der Waals surface area contributed by atoms with Crippen LogP contribution in [-0.4, -0.2) is 27.2 Å². The molecule has 9 heteroatoms. The minimum atomic E-state index is -3.19. The second-order valence-corrected chi connectivity index (χ2v) is 8.56. The molecule has 0 aliphatic heterocycles. The lowest BCUT2D eigenvalue weighted by molar-refractivity contribution is 0.602. The molecule has 0 atom stereocenters. The van der Waals surface area contributed by atoms with Gasteiger partial charge in [-0.1, -0.05) is 41.4 Å². The van der Waals surface area contributed by atoms with Crippen LogP contribution in [0.5, 0.6) is 0 Å². The molecular formula is C18H22Cl2IN3O2S. The van der Waals surface area contributed by atoms with E-state index in [4.69, 9.17) is 23.2 Å². The standard InChI is InChI=1S/C18H21Cl2N3O2S.HI/c1-3-21-18(23-12-14-6-7-15(19)10-17(14)20)22-11-13-4-8-16(9-5-13)26(2,24)25;/h4-10H,3,11-12H2,1-2H3,(H2,21,22,23);1H. The highest BCUT2D eigenvalue weighted by Gasteiger charge is 2.06. The van der Waals surface area contributed by atoms with Crippen molar-refractivity contribution in [2.45, 2.75) is 24.9 Å². The Morgan fingerprint density at radius 2 is 1.74 bits per heavy atom. The number of benzene rings is 2. The zero-order chi connectivity index (χ0) is 19.2. The summed E-state index contributed by atoms with van der Waals surface area (Å²) in [7, 11) is -3.19. The number of hydrogen-bond donors (Lipinski definition) is 2. The Bertz CT molecular complexity index is 888.